The van der Waals surface area contributed by atoms with Crippen LogP contribution in [0.1, 0.15) is 103 Å². The second-order valence-electron chi connectivity index (χ2n) is 12.4. The minimum atomic E-state index is -0.0588. The summed E-state index contributed by atoms with van der Waals surface area (Å²) < 4.78 is 5.86. The Morgan fingerprint density at radius 3 is 1.44 bits per heavy atom. The lowest BCUT2D eigenvalue weighted by Crippen LogP contribution is -2.67. The lowest BCUT2D eigenvalue weighted by molar-refractivity contribution is -0.0755. The van der Waals surface area contributed by atoms with Gasteiger partial charge in [-0.2, -0.15) is 0 Å². The largest absolute Gasteiger partial charge is 0.366 e. The number of ether oxygens (including phenoxy) is 1. The Hall–Kier alpha value is -0.900. The van der Waals surface area contributed by atoms with Gasteiger partial charge in [-0.1, -0.05) is 41.5 Å². The summed E-state index contributed by atoms with van der Waals surface area (Å²) in [6.07, 6.45) is 0.0522. The molecule has 0 amide bonds. The van der Waals surface area contributed by atoms with Crippen molar-refractivity contribution < 1.29 is 4.74 Å². The Labute approximate surface area is 199 Å². The molecule has 32 heavy (non-hydrogen) atoms. The lowest BCUT2D eigenvalue weighted by Gasteiger charge is -2.58. The van der Waals surface area contributed by atoms with Crippen molar-refractivity contribution in [2.75, 3.05) is 20.2 Å². The van der Waals surface area contributed by atoms with E-state index in [0.29, 0.717) is 5.92 Å². The van der Waals surface area contributed by atoms with Crippen LogP contribution in [0.2, 0.25) is 0 Å². The van der Waals surface area contributed by atoms with E-state index in [0.717, 1.165) is 13.1 Å². The maximum atomic E-state index is 5.86. The maximum absolute atomic E-state index is 5.86. The molecule has 0 saturated heterocycles. The van der Waals surface area contributed by atoms with Crippen molar-refractivity contribution >= 4 is 0 Å². The Morgan fingerprint density at radius 2 is 1.12 bits per heavy atom. The summed E-state index contributed by atoms with van der Waals surface area (Å²) in [5, 5.41) is 3.53. The van der Waals surface area contributed by atoms with Crippen LogP contribution in [0.25, 0.3) is 0 Å². The molecule has 1 aromatic rings. The first-order valence-electron chi connectivity index (χ1n) is 12.6. The molecule has 0 radical (unpaired) electrons. The van der Waals surface area contributed by atoms with E-state index in [4.69, 9.17) is 4.74 Å². The molecule has 2 rings (SSSR count). The van der Waals surface area contributed by atoms with Gasteiger partial charge in [-0.05, 0) is 95.3 Å². The van der Waals surface area contributed by atoms with Crippen LogP contribution in [-0.2, 0) is 15.6 Å². The molecule has 1 heterocycles. The van der Waals surface area contributed by atoms with Gasteiger partial charge in [0.25, 0.3) is 0 Å². The van der Waals surface area contributed by atoms with Crippen molar-refractivity contribution in [2.24, 2.45) is 5.92 Å². The molecule has 0 aromatic heterocycles. The van der Waals surface area contributed by atoms with Gasteiger partial charge in [0.1, 0.15) is 6.23 Å². The van der Waals surface area contributed by atoms with Gasteiger partial charge < -0.3 is 4.74 Å². The molecule has 1 aliphatic rings. The van der Waals surface area contributed by atoms with Gasteiger partial charge >= 0.3 is 0 Å². The Kier molecular flexibility index (Phi) is 7.44. The van der Waals surface area contributed by atoms with E-state index in [2.05, 4.69) is 107 Å². The van der Waals surface area contributed by atoms with Crippen LogP contribution in [-0.4, -0.2) is 42.4 Å². The molecule has 184 valence electrons. The van der Waals surface area contributed by atoms with Gasteiger partial charge in [-0.25, -0.2) is 0 Å². The van der Waals surface area contributed by atoms with Crippen LogP contribution in [0.15, 0.2) is 0 Å². The molecular formula is C29H52N2O. The highest BCUT2D eigenvalue weighted by Gasteiger charge is 2.58. The molecule has 3 nitrogen and oxygen atoms in total. The van der Waals surface area contributed by atoms with Crippen LogP contribution in [0.4, 0.5) is 0 Å². The van der Waals surface area contributed by atoms with E-state index in [1.165, 1.54) is 22.3 Å². The number of hydrogen-bond donors (Lipinski definition) is 1. The third kappa shape index (κ3) is 3.77. The SMILES string of the molecule is CCNC(OC)C(C)CN1C(C)(C)C(C)(C)c2c(C)c(C)c(C)c(C)c2C(C)(C)C1(C)C. The van der Waals surface area contributed by atoms with Crippen molar-refractivity contribution in [1.82, 2.24) is 10.2 Å². The second-order valence-corrected chi connectivity index (χ2v) is 12.4. The molecule has 0 saturated carbocycles. The Balaban J connectivity index is 2.87. The average Bonchev–Trinajstić information content (AvgIpc) is 2.71. The summed E-state index contributed by atoms with van der Waals surface area (Å²) >= 11 is 0. The quantitative estimate of drug-likeness (QED) is 0.502. The second kappa shape index (κ2) is 8.71. The fourth-order valence-corrected chi connectivity index (χ4v) is 6.42. The van der Waals surface area contributed by atoms with Crippen molar-refractivity contribution in [3.63, 3.8) is 0 Å². The molecule has 0 aliphatic carbocycles. The van der Waals surface area contributed by atoms with Crippen molar-refractivity contribution in [1.29, 1.82) is 0 Å². The molecule has 0 fully saturated rings. The van der Waals surface area contributed by atoms with Gasteiger partial charge in [0.05, 0.1) is 0 Å². The number of fused-ring (bicyclic) bond motifs is 1. The number of methoxy groups -OCH3 is 1. The van der Waals surface area contributed by atoms with Crippen LogP contribution >= 0.6 is 0 Å². The summed E-state index contributed by atoms with van der Waals surface area (Å²) in [7, 11) is 1.82. The smallest absolute Gasteiger partial charge is 0.111 e. The topological polar surface area (TPSA) is 24.5 Å². The van der Waals surface area contributed by atoms with Crippen molar-refractivity contribution in [2.45, 2.75) is 125 Å². The molecule has 2 unspecified atom stereocenters. The first-order chi connectivity index (χ1) is 14.4. The summed E-state index contributed by atoms with van der Waals surface area (Å²) in [6, 6.07) is 0. The van der Waals surface area contributed by atoms with E-state index in [-0.39, 0.29) is 28.1 Å². The number of nitrogens with zero attached hydrogens (tertiary/aromatic N) is 1. The molecule has 1 aliphatic heterocycles. The molecule has 0 spiro atoms. The van der Waals surface area contributed by atoms with E-state index >= 15 is 0 Å². The first-order valence-corrected chi connectivity index (χ1v) is 12.6. The molecule has 2 atom stereocenters. The highest BCUT2D eigenvalue weighted by Crippen LogP contribution is 2.56. The number of benzene rings is 1. The predicted octanol–water partition coefficient (Wildman–Crippen LogP) is 6.57. The zero-order valence-corrected chi connectivity index (χ0v) is 23.9. The monoisotopic (exact) mass is 444 g/mol. The fourth-order valence-electron chi connectivity index (χ4n) is 6.42. The normalized spacial score (nSPS) is 23.3. The summed E-state index contributed by atoms with van der Waals surface area (Å²) in [4.78, 5) is 2.80. The molecule has 0 bridgehead atoms. The van der Waals surface area contributed by atoms with E-state index < -0.39 is 0 Å². The Morgan fingerprint density at radius 1 is 0.750 bits per heavy atom. The van der Waals surface area contributed by atoms with Gasteiger partial charge in [-0.3, -0.25) is 10.2 Å². The maximum Gasteiger partial charge on any atom is 0.111 e. The minimum absolute atomic E-state index is 0.0266. The molecule has 3 heteroatoms. The highest BCUT2D eigenvalue weighted by molar-refractivity contribution is 5.58. The standard InChI is InChI=1S/C29H52N2O/c1-16-30-25(32-15)18(2)17-31-28(11,12)26(7,8)23-21(5)19(3)20(4)22(6)24(23)27(9,10)29(31,13)14/h18,25,30H,16-17H2,1-15H3. The number of nitrogens with one attached hydrogen (secondary N) is 1. The number of hydrogen-bond acceptors (Lipinski definition) is 3. The van der Waals surface area contributed by atoms with Gasteiger partial charge in [0.15, 0.2) is 0 Å². The lowest BCUT2D eigenvalue weighted by atomic mass is 9.62. The average molecular weight is 445 g/mol. The fraction of sp³-hybridized carbons (Fsp3) is 0.793. The van der Waals surface area contributed by atoms with Gasteiger partial charge in [0, 0.05) is 41.5 Å². The van der Waals surface area contributed by atoms with Crippen LogP contribution in [0.3, 0.4) is 0 Å². The van der Waals surface area contributed by atoms with Crippen LogP contribution in [0.5, 0.6) is 0 Å². The van der Waals surface area contributed by atoms with Gasteiger partial charge in [0.2, 0.25) is 0 Å². The summed E-state index contributed by atoms with van der Waals surface area (Å²) in [5.41, 5.74) is 8.80. The molecule has 1 N–H and O–H groups in total. The zero-order chi connectivity index (χ0) is 25.0. The summed E-state index contributed by atoms with van der Waals surface area (Å²) in [5.74, 6) is 0.358. The van der Waals surface area contributed by atoms with Crippen molar-refractivity contribution in [3.8, 4) is 0 Å². The highest BCUT2D eigenvalue weighted by atomic mass is 16.5. The Bertz CT molecular complexity index is 788. The van der Waals surface area contributed by atoms with Crippen LogP contribution in [0, 0.1) is 33.6 Å². The summed E-state index contributed by atoms with van der Waals surface area (Å²) in [6.45, 7) is 35.4. The van der Waals surface area contributed by atoms with E-state index in [1.54, 1.807) is 11.1 Å². The third-order valence-electron chi connectivity index (χ3n) is 9.99. The van der Waals surface area contributed by atoms with Crippen LogP contribution < -0.4 is 5.32 Å². The molecular weight excluding hydrogens is 392 g/mol. The van der Waals surface area contributed by atoms with Crippen molar-refractivity contribution in [3.05, 3.63) is 33.4 Å². The third-order valence-corrected chi connectivity index (χ3v) is 9.99. The molecule has 1 aromatic carbocycles. The predicted molar refractivity (Wildman–Crippen MR) is 140 cm³/mol. The first kappa shape index (κ1) is 27.3. The van der Waals surface area contributed by atoms with E-state index in [1.807, 2.05) is 7.11 Å². The zero-order valence-electron chi connectivity index (χ0n) is 23.9. The number of rotatable bonds is 6. The minimum Gasteiger partial charge on any atom is -0.366 e. The van der Waals surface area contributed by atoms with Gasteiger partial charge in [-0.15, -0.1) is 0 Å². The van der Waals surface area contributed by atoms with E-state index in [9.17, 15) is 0 Å².